The number of rotatable bonds is 4. The molecule has 0 bridgehead atoms. The molecule has 2 aromatic carbocycles. The van der Waals surface area contributed by atoms with E-state index >= 15 is 0 Å². The summed E-state index contributed by atoms with van der Waals surface area (Å²) in [5.41, 5.74) is -0.678. The van der Waals surface area contributed by atoms with E-state index in [1.54, 1.807) is 18.2 Å². The van der Waals surface area contributed by atoms with Crippen molar-refractivity contribution in [3.8, 4) is 0 Å². The van der Waals surface area contributed by atoms with Crippen LogP contribution in [0.3, 0.4) is 0 Å². The van der Waals surface area contributed by atoms with Crippen molar-refractivity contribution >= 4 is 58.2 Å². The number of hydrogen-bond donors (Lipinski definition) is 1. The molecule has 0 atom stereocenters. The molecule has 0 aromatic heterocycles. The number of para-hydroxylation sites is 1. The highest BCUT2D eigenvalue weighted by Gasteiger charge is 2.33. The molecular weight excluding hydrogens is 406 g/mol. The number of nitrogens with one attached hydrogen (secondary N) is 1. The van der Waals surface area contributed by atoms with Gasteiger partial charge in [0, 0.05) is 4.90 Å². The SMILES string of the molecule is O=C(CSc1ccc(Cl)c(C(F)(F)F)c1)Nc1c(Cl)cccc1Cl. The van der Waals surface area contributed by atoms with Crippen LogP contribution in [0.5, 0.6) is 0 Å². The number of halogens is 6. The highest BCUT2D eigenvalue weighted by molar-refractivity contribution is 8.00. The van der Waals surface area contributed by atoms with E-state index < -0.39 is 17.6 Å². The number of benzene rings is 2. The van der Waals surface area contributed by atoms with Crippen LogP contribution in [0.1, 0.15) is 5.56 Å². The van der Waals surface area contributed by atoms with Crippen LogP contribution in [-0.4, -0.2) is 11.7 Å². The molecule has 2 nitrogen and oxygen atoms in total. The van der Waals surface area contributed by atoms with Crippen LogP contribution in [0.4, 0.5) is 18.9 Å². The maximum Gasteiger partial charge on any atom is 0.417 e. The Morgan fingerprint density at radius 3 is 2.25 bits per heavy atom. The number of anilines is 1. The summed E-state index contributed by atoms with van der Waals surface area (Å²) in [5, 5.41) is 2.68. The highest BCUT2D eigenvalue weighted by Crippen LogP contribution is 2.37. The fraction of sp³-hybridized carbons (Fsp3) is 0.133. The minimum Gasteiger partial charge on any atom is -0.323 e. The van der Waals surface area contributed by atoms with Gasteiger partial charge in [0.05, 0.1) is 32.1 Å². The smallest absolute Gasteiger partial charge is 0.323 e. The first-order chi connectivity index (χ1) is 11.2. The van der Waals surface area contributed by atoms with Gasteiger partial charge in [-0.2, -0.15) is 13.2 Å². The van der Waals surface area contributed by atoms with Gasteiger partial charge >= 0.3 is 6.18 Å². The van der Waals surface area contributed by atoms with E-state index in [1.165, 1.54) is 6.07 Å². The van der Waals surface area contributed by atoms with Gasteiger partial charge in [-0.05, 0) is 30.3 Å². The van der Waals surface area contributed by atoms with Crippen molar-refractivity contribution in [2.45, 2.75) is 11.1 Å². The average molecular weight is 415 g/mol. The summed E-state index contributed by atoms with van der Waals surface area (Å²) in [6, 6.07) is 8.22. The van der Waals surface area contributed by atoms with Gasteiger partial charge in [0.25, 0.3) is 0 Å². The summed E-state index contributed by atoms with van der Waals surface area (Å²) in [6.07, 6.45) is -4.55. The zero-order valence-electron chi connectivity index (χ0n) is 11.8. The molecule has 2 rings (SSSR count). The zero-order valence-corrected chi connectivity index (χ0v) is 14.8. The van der Waals surface area contributed by atoms with Gasteiger partial charge in [-0.1, -0.05) is 40.9 Å². The van der Waals surface area contributed by atoms with E-state index in [9.17, 15) is 18.0 Å². The molecule has 0 unspecified atom stereocenters. The number of thioether (sulfide) groups is 1. The van der Waals surface area contributed by atoms with Crippen LogP contribution >= 0.6 is 46.6 Å². The summed E-state index contributed by atoms with van der Waals surface area (Å²) in [6.45, 7) is 0. The van der Waals surface area contributed by atoms with E-state index in [0.29, 0.717) is 0 Å². The average Bonchev–Trinajstić information content (AvgIpc) is 2.49. The van der Waals surface area contributed by atoms with Crippen molar-refractivity contribution < 1.29 is 18.0 Å². The van der Waals surface area contributed by atoms with Gasteiger partial charge < -0.3 is 5.32 Å². The predicted molar refractivity (Wildman–Crippen MR) is 92.3 cm³/mol. The van der Waals surface area contributed by atoms with Crippen molar-refractivity contribution in [1.29, 1.82) is 0 Å². The lowest BCUT2D eigenvalue weighted by atomic mass is 10.2. The molecule has 0 fully saturated rings. The molecule has 128 valence electrons. The van der Waals surface area contributed by atoms with Crippen LogP contribution in [0.15, 0.2) is 41.3 Å². The number of carbonyl (C=O) groups is 1. The Morgan fingerprint density at radius 2 is 1.67 bits per heavy atom. The largest absolute Gasteiger partial charge is 0.417 e. The lowest BCUT2D eigenvalue weighted by Crippen LogP contribution is -2.14. The third-order valence-corrected chi connectivity index (χ3v) is 4.79. The lowest BCUT2D eigenvalue weighted by Gasteiger charge is -2.11. The summed E-state index contributed by atoms with van der Waals surface area (Å²) in [4.78, 5) is 12.2. The zero-order chi connectivity index (χ0) is 17.9. The first-order valence-electron chi connectivity index (χ1n) is 6.42. The Labute approximate surface area is 155 Å². The van der Waals surface area contributed by atoms with Gasteiger partial charge in [-0.15, -0.1) is 11.8 Å². The minimum absolute atomic E-state index is 0.111. The summed E-state index contributed by atoms with van der Waals surface area (Å²) in [7, 11) is 0. The molecule has 2 aromatic rings. The monoisotopic (exact) mass is 413 g/mol. The van der Waals surface area contributed by atoms with E-state index in [1.807, 2.05) is 0 Å². The third-order valence-electron chi connectivity index (χ3n) is 2.84. The third kappa shape index (κ3) is 4.96. The summed E-state index contributed by atoms with van der Waals surface area (Å²) < 4.78 is 38.4. The van der Waals surface area contributed by atoms with Crippen LogP contribution in [0.2, 0.25) is 15.1 Å². The normalized spacial score (nSPS) is 11.4. The van der Waals surface area contributed by atoms with Gasteiger partial charge in [0.2, 0.25) is 5.91 Å². The maximum absolute atomic E-state index is 12.8. The van der Waals surface area contributed by atoms with Crippen LogP contribution in [0, 0.1) is 0 Å². The van der Waals surface area contributed by atoms with Crippen LogP contribution in [-0.2, 0) is 11.0 Å². The molecule has 0 saturated carbocycles. The number of alkyl halides is 3. The Bertz CT molecular complexity index is 748. The molecule has 0 saturated heterocycles. The summed E-state index contributed by atoms with van der Waals surface area (Å²) >= 11 is 18.4. The first-order valence-corrected chi connectivity index (χ1v) is 8.54. The molecule has 0 aliphatic rings. The van der Waals surface area contributed by atoms with E-state index in [4.69, 9.17) is 34.8 Å². The lowest BCUT2D eigenvalue weighted by molar-refractivity contribution is -0.137. The minimum atomic E-state index is -4.55. The van der Waals surface area contributed by atoms with Crippen molar-refractivity contribution in [3.05, 3.63) is 57.0 Å². The number of carbonyl (C=O) groups excluding carboxylic acids is 1. The molecule has 0 heterocycles. The Balaban J connectivity index is 2.05. The molecule has 1 N–H and O–H groups in total. The maximum atomic E-state index is 12.8. The number of amides is 1. The predicted octanol–water partition coefficient (Wildman–Crippen LogP) is 6.40. The second-order valence-corrected chi connectivity index (χ2v) is 6.84. The number of hydrogen-bond acceptors (Lipinski definition) is 2. The Kier molecular flexibility index (Phi) is 6.31. The molecule has 0 aliphatic carbocycles. The molecule has 0 radical (unpaired) electrons. The van der Waals surface area contributed by atoms with Gasteiger partial charge in [0.15, 0.2) is 0 Å². The van der Waals surface area contributed by atoms with Gasteiger partial charge in [-0.25, -0.2) is 0 Å². The van der Waals surface area contributed by atoms with E-state index in [2.05, 4.69) is 5.32 Å². The summed E-state index contributed by atoms with van der Waals surface area (Å²) in [5.74, 6) is -0.556. The van der Waals surface area contributed by atoms with Gasteiger partial charge in [-0.3, -0.25) is 4.79 Å². The second kappa shape index (κ2) is 7.87. The van der Waals surface area contributed by atoms with E-state index in [0.717, 1.165) is 23.9 Å². The standard InChI is InChI=1S/C15H9Cl3F3NOS/c16-10-5-4-8(6-9(10)15(19,20)21)24-7-13(23)22-14-11(17)2-1-3-12(14)18/h1-6H,7H2,(H,22,23). The second-order valence-electron chi connectivity index (χ2n) is 4.57. The molecular formula is C15H9Cl3F3NOS. The van der Waals surface area contributed by atoms with Crippen LogP contribution in [0.25, 0.3) is 0 Å². The molecule has 24 heavy (non-hydrogen) atoms. The Morgan fingerprint density at radius 1 is 1.04 bits per heavy atom. The topological polar surface area (TPSA) is 29.1 Å². The molecule has 9 heteroatoms. The van der Waals surface area contributed by atoms with Crippen LogP contribution < -0.4 is 5.32 Å². The van der Waals surface area contributed by atoms with Crippen molar-refractivity contribution in [3.63, 3.8) is 0 Å². The van der Waals surface area contributed by atoms with Gasteiger partial charge in [0.1, 0.15) is 0 Å². The molecule has 1 amide bonds. The highest BCUT2D eigenvalue weighted by atomic mass is 35.5. The quantitative estimate of drug-likeness (QED) is 0.587. The molecule has 0 aliphatic heterocycles. The van der Waals surface area contributed by atoms with Crippen molar-refractivity contribution in [2.24, 2.45) is 0 Å². The first kappa shape index (κ1) is 19.2. The van der Waals surface area contributed by atoms with Crippen molar-refractivity contribution in [1.82, 2.24) is 0 Å². The fourth-order valence-corrected chi connectivity index (χ4v) is 3.21. The van der Waals surface area contributed by atoms with Crippen molar-refractivity contribution in [2.75, 3.05) is 11.1 Å². The molecule has 0 spiro atoms. The fourth-order valence-electron chi connectivity index (χ4n) is 1.75. The Hall–Kier alpha value is -1.08. The van der Waals surface area contributed by atoms with E-state index in [-0.39, 0.29) is 31.4 Å².